The van der Waals surface area contributed by atoms with Gasteiger partial charge < -0.3 is 15.4 Å². The summed E-state index contributed by atoms with van der Waals surface area (Å²) in [6.45, 7) is 2.08. The van der Waals surface area contributed by atoms with Gasteiger partial charge in [-0.25, -0.2) is 0 Å². The molecule has 1 heterocycles. The average molecular weight is 300 g/mol. The highest BCUT2D eigenvalue weighted by molar-refractivity contribution is 6.30. The molecule has 1 aromatic rings. The first kappa shape index (κ1) is 15.0. The molecule has 1 aliphatic heterocycles. The number of nitrogens with one attached hydrogen (secondary N) is 2. The maximum Gasteiger partial charge on any atom is 0.293 e. The highest BCUT2D eigenvalue weighted by Gasteiger charge is 2.33. The van der Waals surface area contributed by atoms with E-state index in [1.165, 1.54) is 6.07 Å². The van der Waals surface area contributed by atoms with E-state index in [2.05, 4.69) is 10.6 Å². The first-order chi connectivity index (χ1) is 9.56. The van der Waals surface area contributed by atoms with Crippen molar-refractivity contribution in [3.8, 4) is 0 Å². The maximum absolute atomic E-state index is 11.0. The molecular weight excluding hydrogens is 282 g/mol. The fourth-order valence-electron chi connectivity index (χ4n) is 2.54. The largest absolute Gasteiger partial charge is 0.383 e. The van der Waals surface area contributed by atoms with Gasteiger partial charge in [-0.3, -0.25) is 10.1 Å². The molecule has 1 fully saturated rings. The number of anilines is 1. The zero-order valence-corrected chi connectivity index (χ0v) is 12.1. The van der Waals surface area contributed by atoms with Crippen LogP contribution in [0, 0.1) is 10.1 Å². The molecule has 0 spiro atoms. The Bertz CT molecular complexity index is 490. The SMILES string of the molecule is COCC1(CNc2ccc(Cl)cc2[N+](=O)[O-])CCCN1. The van der Waals surface area contributed by atoms with Crippen molar-refractivity contribution in [1.82, 2.24) is 5.32 Å². The third-order valence-electron chi connectivity index (χ3n) is 3.53. The second-order valence-corrected chi connectivity index (χ2v) is 5.45. The fraction of sp³-hybridized carbons (Fsp3) is 0.538. The quantitative estimate of drug-likeness (QED) is 0.623. The van der Waals surface area contributed by atoms with Gasteiger partial charge in [0.1, 0.15) is 5.69 Å². The number of rotatable bonds is 6. The maximum atomic E-state index is 11.0. The van der Waals surface area contributed by atoms with Gasteiger partial charge >= 0.3 is 0 Å². The molecule has 1 saturated heterocycles. The number of benzene rings is 1. The summed E-state index contributed by atoms with van der Waals surface area (Å²) in [7, 11) is 1.66. The molecule has 1 aliphatic rings. The first-order valence-corrected chi connectivity index (χ1v) is 6.86. The van der Waals surface area contributed by atoms with Crippen LogP contribution in [0.5, 0.6) is 0 Å². The number of halogens is 1. The minimum absolute atomic E-state index is 0.0111. The second-order valence-electron chi connectivity index (χ2n) is 5.02. The second kappa shape index (κ2) is 6.39. The zero-order chi connectivity index (χ0) is 14.6. The average Bonchev–Trinajstić information content (AvgIpc) is 2.86. The zero-order valence-electron chi connectivity index (χ0n) is 11.3. The van der Waals surface area contributed by atoms with Crippen molar-refractivity contribution in [2.24, 2.45) is 0 Å². The molecule has 1 atom stereocenters. The minimum atomic E-state index is -0.431. The summed E-state index contributed by atoms with van der Waals surface area (Å²) in [4.78, 5) is 10.6. The molecule has 7 heteroatoms. The Kier molecular flexibility index (Phi) is 4.80. The summed E-state index contributed by atoms with van der Waals surface area (Å²) in [6, 6.07) is 4.63. The number of nitrogens with zero attached hydrogens (tertiary/aromatic N) is 1. The number of ether oxygens (including phenoxy) is 1. The van der Waals surface area contributed by atoms with E-state index < -0.39 is 4.92 Å². The van der Waals surface area contributed by atoms with Crippen molar-refractivity contribution in [1.29, 1.82) is 0 Å². The van der Waals surface area contributed by atoms with E-state index in [-0.39, 0.29) is 11.2 Å². The van der Waals surface area contributed by atoms with E-state index in [1.54, 1.807) is 19.2 Å². The molecule has 2 rings (SSSR count). The molecule has 0 radical (unpaired) electrons. The van der Waals surface area contributed by atoms with Crippen molar-refractivity contribution in [2.75, 3.05) is 32.1 Å². The fourth-order valence-corrected chi connectivity index (χ4v) is 2.71. The lowest BCUT2D eigenvalue weighted by molar-refractivity contribution is -0.383. The molecule has 6 nitrogen and oxygen atoms in total. The van der Waals surface area contributed by atoms with Crippen molar-refractivity contribution < 1.29 is 9.66 Å². The van der Waals surface area contributed by atoms with Gasteiger partial charge in [-0.15, -0.1) is 0 Å². The van der Waals surface area contributed by atoms with E-state index >= 15 is 0 Å². The standard InChI is InChI=1S/C13H18ClN3O3/c1-20-9-13(5-2-6-16-13)8-15-11-4-3-10(14)7-12(11)17(18)19/h3-4,7,15-16H,2,5-6,8-9H2,1H3. The molecule has 110 valence electrons. The molecular formula is C13H18ClN3O3. The van der Waals surface area contributed by atoms with Crippen LogP contribution in [0.3, 0.4) is 0 Å². The smallest absolute Gasteiger partial charge is 0.293 e. The van der Waals surface area contributed by atoms with E-state index in [9.17, 15) is 10.1 Å². The van der Waals surface area contributed by atoms with Crippen LogP contribution in [-0.4, -0.2) is 37.3 Å². The van der Waals surface area contributed by atoms with Gasteiger partial charge in [0.15, 0.2) is 0 Å². The van der Waals surface area contributed by atoms with Crippen molar-refractivity contribution >= 4 is 23.0 Å². The van der Waals surface area contributed by atoms with E-state index in [0.717, 1.165) is 19.4 Å². The lowest BCUT2D eigenvalue weighted by Crippen LogP contribution is -2.49. The van der Waals surface area contributed by atoms with Crippen LogP contribution < -0.4 is 10.6 Å². The Hall–Kier alpha value is -1.37. The number of nitro groups is 1. The van der Waals surface area contributed by atoms with Crippen molar-refractivity contribution in [3.63, 3.8) is 0 Å². The van der Waals surface area contributed by atoms with Crippen LogP contribution in [-0.2, 0) is 4.74 Å². The Morgan fingerprint density at radius 1 is 1.60 bits per heavy atom. The molecule has 0 amide bonds. The predicted octanol–water partition coefficient (Wildman–Crippen LogP) is 2.43. The highest BCUT2D eigenvalue weighted by Crippen LogP contribution is 2.29. The van der Waals surface area contributed by atoms with Gasteiger partial charge in [-0.1, -0.05) is 11.6 Å². The Balaban J connectivity index is 2.12. The summed E-state index contributed by atoms with van der Waals surface area (Å²) < 4.78 is 5.26. The molecule has 0 aromatic heterocycles. The third kappa shape index (κ3) is 3.39. The number of nitro benzene ring substituents is 1. The summed E-state index contributed by atoms with van der Waals surface area (Å²) in [5.74, 6) is 0. The van der Waals surface area contributed by atoms with E-state index in [4.69, 9.17) is 16.3 Å². The van der Waals surface area contributed by atoms with Crippen LogP contribution in [0.1, 0.15) is 12.8 Å². The Morgan fingerprint density at radius 2 is 2.40 bits per heavy atom. The first-order valence-electron chi connectivity index (χ1n) is 6.48. The Morgan fingerprint density at radius 3 is 3.00 bits per heavy atom. The summed E-state index contributed by atoms with van der Waals surface area (Å²) in [6.07, 6.45) is 2.06. The van der Waals surface area contributed by atoms with Crippen LogP contribution in [0.4, 0.5) is 11.4 Å². The van der Waals surface area contributed by atoms with Crippen LogP contribution in [0.2, 0.25) is 5.02 Å². The lowest BCUT2D eigenvalue weighted by Gasteiger charge is -2.29. The number of hydrogen-bond donors (Lipinski definition) is 2. The lowest BCUT2D eigenvalue weighted by atomic mass is 9.98. The number of methoxy groups -OCH3 is 1. The van der Waals surface area contributed by atoms with Gasteiger partial charge in [0.25, 0.3) is 5.69 Å². The Labute approximate surface area is 122 Å². The van der Waals surface area contributed by atoms with Gasteiger partial charge in [-0.05, 0) is 31.5 Å². The third-order valence-corrected chi connectivity index (χ3v) is 3.76. The molecule has 2 N–H and O–H groups in total. The minimum Gasteiger partial charge on any atom is -0.383 e. The molecule has 20 heavy (non-hydrogen) atoms. The van der Waals surface area contributed by atoms with E-state index in [0.29, 0.717) is 23.9 Å². The van der Waals surface area contributed by atoms with Gasteiger partial charge in [0.2, 0.25) is 0 Å². The predicted molar refractivity (Wildman–Crippen MR) is 78.4 cm³/mol. The number of hydrogen-bond acceptors (Lipinski definition) is 5. The van der Waals surface area contributed by atoms with Gasteiger partial charge in [0, 0.05) is 24.7 Å². The van der Waals surface area contributed by atoms with Crippen LogP contribution >= 0.6 is 11.6 Å². The molecule has 0 saturated carbocycles. The van der Waals surface area contributed by atoms with Crippen LogP contribution in [0.15, 0.2) is 18.2 Å². The monoisotopic (exact) mass is 299 g/mol. The van der Waals surface area contributed by atoms with E-state index in [1.807, 2.05) is 0 Å². The molecule has 0 aliphatic carbocycles. The summed E-state index contributed by atoms with van der Waals surface area (Å²) >= 11 is 5.80. The van der Waals surface area contributed by atoms with Crippen LogP contribution in [0.25, 0.3) is 0 Å². The summed E-state index contributed by atoms with van der Waals surface area (Å²) in [5, 5.41) is 18.0. The highest BCUT2D eigenvalue weighted by atomic mass is 35.5. The summed E-state index contributed by atoms with van der Waals surface area (Å²) in [5.41, 5.74) is 0.300. The topological polar surface area (TPSA) is 76.4 Å². The molecule has 1 unspecified atom stereocenters. The molecule has 1 aromatic carbocycles. The van der Waals surface area contributed by atoms with Crippen molar-refractivity contribution in [3.05, 3.63) is 33.3 Å². The van der Waals surface area contributed by atoms with Gasteiger partial charge in [-0.2, -0.15) is 0 Å². The van der Waals surface area contributed by atoms with Gasteiger partial charge in [0.05, 0.1) is 17.1 Å². The normalized spacial score (nSPS) is 21.9. The van der Waals surface area contributed by atoms with Crippen molar-refractivity contribution in [2.45, 2.75) is 18.4 Å². The molecule has 0 bridgehead atoms.